The standard InChI is InChI=1S/C9H20N2/c1-4-8-11(5-2)9(3)6-7-10/h4,9H,1,5-8,10H2,2-3H3. The van der Waals surface area contributed by atoms with Crippen LogP contribution in [0.1, 0.15) is 20.3 Å². The van der Waals surface area contributed by atoms with Gasteiger partial charge in [-0.05, 0) is 26.4 Å². The van der Waals surface area contributed by atoms with Crippen LogP contribution in [0.2, 0.25) is 0 Å². The van der Waals surface area contributed by atoms with Gasteiger partial charge in [-0.15, -0.1) is 6.58 Å². The summed E-state index contributed by atoms with van der Waals surface area (Å²) in [6.45, 7) is 10.9. The van der Waals surface area contributed by atoms with E-state index >= 15 is 0 Å². The summed E-state index contributed by atoms with van der Waals surface area (Å²) in [6.07, 6.45) is 3.01. The maximum atomic E-state index is 5.47. The monoisotopic (exact) mass is 156 g/mol. The van der Waals surface area contributed by atoms with Crippen LogP contribution >= 0.6 is 0 Å². The largest absolute Gasteiger partial charge is 0.330 e. The van der Waals surface area contributed by atoms with Gasteiger partial charge in [0.25, 0.3) is 0 Å². The molecule has 0 aromatic rings. The molecular weight excluding hydrogens is 136 g/mol. The predicted octanol–water partition coefficient (Wildman–Crippen LogP) is 1.23. The summed E-state index contributed by atoms with van der Waals surface area (Å²) in [5.74, 6) is 0. The molecule has 0 saturated carbocycles. The smallest absolute Gasteiger partial charge is 0.0163 e. The summed E-state index contributed by atoms with van der Waals surface area (Å²) in [4.78, 5) is 2.36. The molecule has 0 radical (unpaired) electrons. The molecule has 0 fully saturated rings. The lowest BCUT2D eigenvalue weighted by Gasteiger charge is -2.25. The van der Waals surface area contributed by atoms with Crippen LogP contribution in [0.15, 0.2) is 12.7 Å². The zero-order valence-corrected chi connectivity index (χ0v) is 7.71. The van der Waals surface area contributed by atoms with E-state index in [2.05, 4.69) is 25.3 Å². The van der Waals surface area contributed by atoms with Crippen LogP contribution in [-0.2, 0) is 0 Å². The third-order valence-electron chi connectivity index (χ3n) is 1.98. The van der Waals surface area contributed by atoms with Crippen LogP contribution < -0.4 is 5.73 Å². The molecule has 0 aliphatic carbocycles. The fourth-order valence-corrected chi connectivity index (χ4v) is 1.21. The van der Waals surface area contributed by atoms with Crippen molar-refractivity contribution in [1.29, 1.82) is 0 Å². The number of hydrogen-bond acceptors (Lipinski definition) is 2. The third kappa shape index (κ3) is 4.17. The zero-order valence-electron chi connectivity index (χ0n) is 7.71. The molecule has 0 aromatic heterocycles. The van der Waals surface area contributed by atoms with E-state index in [1.54, 1.807) is 0 Å². The van der Waals surface area contributed by atoms with E-state index < -0.39 is 0 Å². The quantitative estimate of drug-likeness (QED) is 0.586. The van der Waals surface area contributed by atoms with Crippen LogP contribution in [0.3, 0.4) is 0 Å². The Labute approximate surface area is 70.1 Å². The average molecular weight is 156 g/mol. The predicted molar refractivity (Wildman–Crippen MR) is 50.6 cm³/mol. The molecule has 0 spiro atoms. The number of hydrogen-bond donors (Lipinski definition) is 1. The van der Waals surface area contributed by atoms with Gasteiger partial charge in [0.2, 0.25) is 0 Å². The van der Waals surface area contributed by atoms with Crippen molar-refractivity contribution < 1.29 is 0 Å². The lowest BCUT2D eigenvalue weighted by Crippen LogP contribution is -2.34. The maximum Gasteiger partial charge on any atom is 0.0163 e. The molecule has 1 unspecified atom stereocenters. The lowest BCUT2D eigenvalue weighted by atomic mass is 10.2. The van der Waals surface area contributed by atoms with Crippen LogP contribution in [0.25, 0.3) is 0 Å². The van der Waals surface area contributed by atoms with Crippen LogP contribution in [0.4, 0.5) is 0 Å². The van der Waals surface area contributed by atoms with Crippen molar-refractivity contribution in [3.05, 3.63) is 12.7 Å². The van der Waals surface area contributed by atoms with Gasteiger partial charge >= 0.3 is 0 Å². The minimum absolute atomic E-state index is 0.586. The number of likely N-dealkylation sites (N-methyl/N-ethyl adjacent to an activating group) is 1. The highest BCUT2D eigenvalue weighted by Crippen LogP contribution is 2.01. The van der Waals surface area contributed by atoms with Gasteiger partial charge in [0.05, 0.1) is 0 Å². The Morgan fingerprint density at radius 3 is 2.64 bits per heavy atom. The average Bonchev–Trinajstić information content (AvgIpc) is 2.00. The molecule has 66 valence electrons. The van der Waals surface area contributed by atoms with E-state index in [4.69, 9.17) is 5.73 Å². The second-order valence-corrected chi connectivity index (χ2v) is 2.80. The van der Waals surface area contributed by atoms with Crippen molar-refractivity contribution in [1.82, 2.24) is 4.90 Å². The van der Waals surface area contributed by atoms with Crippen molar-refractivity contribution >= 4 is 0 Å². The van der Waals surface area contributed by atoms with Crippen molar-refractivity contribution in [2.24, 2.45) is 5.73 Å². The van der Waals surface area contributed by atoms with E-state index in [0.717, 1.165) is 26.1 Å². The third-order valence-corrected chi connectivity index (χ3v) is 1.98. The fourth-order valence-electron chi connectivity index (χ4n) is 1.21. The molecule has 0 heterocycles. The topological polar surface area (TPSA) is 29.3 Å². The Morgan fingerprint density at radius 1 is 1.64 bits per heavy atom. The molecule has 0 rings (SSSR count). The Hall–Kier alpha value is -0.340. The molecule has 2 N–H and O–H groups in total. The molecular formula is C9H20N2. The van der Waals surface area contributed by atoms with E-state index in [9.17, 15) is 0 Å². The Morgan fingerprint density at radius 2 is 2.27 bits per heavy atom. The van der Waals surface area contributed by atoms with Gasteiger partial charge in [-0.25, -0.2) is 0 Å². The summed E-state index contributed by atoms with van der Waals surface area (Å²) in [5, 5.41) is 0. The Kier molecular flexibility index (Phi) is 6.18. The van der Waals surface area contributed by atoms with Gasteiger partial charge in [-0.2, -0.15) is 0 Å². The second kappa shape index (κ2) is 6.38. The molecule has 0 saturated heterocycles. The highest BCUT2D eigenvalue weighted by molar-refractivity contribution is 4.76. The highest BCUT2D eigenvalue weighted by atomic mass is 15.1. The first kappa shape index (κ1) is 10.7. The van der Waals surface area contributed by atoms with E-state index in [-0.39, 0.29) is 0 Å². The Bertz CT molecular complexity index is 102. The van der Waals surface area contributed by atoms with Crippen LogP contribution in [-0.4, -0.2) is 30.6 Å². The summed E-state index contributed by atoms with van der Waals surface area (Å²) in [7, 11) is 0. The van der Waals surface area contributed by atoms with Gasteiger partial charge in [0.15, 0.2) is 0 Å². The number of nitrogens with two attached hydrogens (primary N) is 1. The number of nitrogens with zero attached hydrogens (tertiary/aromatic N) is 1. The molecule has 11 heavy (non-hydrogen) atoms. The maximum absolute atomic E-state index is 5.47. The zero-order chi connectivity index (χ0) is 8.69. The summed E-state index contributed by atoms with van der Waals surface area (Å²) >= 11 is 0. The van der Waals surface area contributed by atoms with Crippen molar-refractivity contribution in [2.75, 3.05) is 19.6 Å². The first-order valence-corrected chi connectivity index (χ1v) is 4.31. The molecule has 0 amide bonds. The number of rotatable bonds is 6. The minimum atomic E-state index is 0.586. The van der Waals surface area contributed by atoms with Crippen LogP contribution in [0.5, 0.6) is 0 Å². The molecule has 2 nitrogen and oxygen atoms in total. The van der Waals surface area contributed by atoms with Gasteiger partial charge in [-0.1, -0.05) is 13.0 Å². The van der Waals surface area contributed by atoms with Crippen LogP contribution in [0, 0.1) is 0 Å². The normalized spacial score (nSPS) is 13.5. The first-order chi connectivity index (χ1) is 5.26. The molecule has 0 aliphatic rings. The van der Waals surface area contributed by atoms with Gasteiger partial charge in [-0.3, -0.25) is 4.90 Å². The molecule has 0 aromatic carbocycles. The van der Waals surface area contributed by atoms with E-state index in [0.29, 0.717) is 6.04 Å². The van der Waals surface area contributed by atoms with E-state index in [1.165, 1.54) is 0 Å². The molecule has 1 atom stereocenters. The summed E-state index contributed by atoms with van der Waals surface area (Å²) in [6, 6.07) is 0.586. The van der Waals surface area contributed by atoms with Crippen molar-refractivity contribution in [2.45, 2.75) is 26.3 Å². The van der Waals surface area contributed by atoms with Gasteiger partial charge in [0, 0.05) is 12.6 Å². The molecule has 0 aliphatic heterocycles. The SMILES string of the molecule is C=CCN(CC)C(C)CCN. The summed E-state index contributed by atoms with van der Waals surface area (Å²) in [5.41, 5.74) is 5.47. The van der Waals surface area contributed by atoms with Crippen molar-refractivity contribution in [3.63, 3.8) is 0 Å². The van der Waals surface area contributed by atoms with E-state index in [1.807, 2.05) is 6.08 Å². The van der Waals surface area contributed by atoms with Gasteiger partial charge in [0.1, 0.15) is 0 Å². The fraction of sp³-hybridized carbons (Fsp3) is 0.778. The Balaban J connectivity index is 3.70. The highest BCUT2D eigenvalue weighted by Gasteiger charge is 2.07. The first-order valence-electron chi connectivity index (χ1n) is 4.31. The lowest BCUT2D eigenvalue weighted by molar-refractivity contribution is 0.235. The minimum Gasteiger partial charge on any atom is -0.330 e. The second-order valence-electron chi connectivity index (χ2n) is 2.80. The molecule has 2 heteroatoms. The van der Waals surface area contributed by atoms with Gasteiger partial charge < -0.3 is 5.73 Å². The summed E-state index contributed by atoms with van der Waals surface area (Å²) < 4.78 is 0. The molecule has 0 bridgehead atoms. The van der Waals surface area contributed by atoms with Crippen molar-refractivity contribution in [3.8, 4) is 0 Å².